The second-order valence-corrected chi connectivity index (χ2v) is 15.7. The number of nitrogen functional groups attached to an aromatic ring is 1. The van der Waals surface area contributed by atoms with Crippen molar-refractivity contribution >= 4 is 60.3 Å². The fraction of sp³-hybridized carbons (Fsp3) is 0.179. The molecule has 11 nitrogen and oxygen atoms in total. The highest BCUT2D eigenvalue weighted by Crippen LogP contribution is 2.39. The lowest BCUT2D eigenvalue weighted by Gasteiger charge is -2.20. The number of hydrogen-bond acceptors (Lipinski definition) is 8. The summed E-state index contributed by atoms with van der Waals surface area (Å²) in [6.07, 6.45) is 0. The number of anilines is 6. The van der Waals surface area contributed by atoms with E-state index in [4.69, 9.17) is 5.73 Å². The molecule has 13 heteroatoms. The van der Waals surface area contributed by atoms with Crippen LogP contribution in [0.4, 0.5) is 34.1 Å². The number of nitrogens with two attached hydrogens (primary N) is 1. The molecule has 0 saturated heterocycles. The van der Waals surface area contributed by atoms with Gasteiger partial charge in [0.1, 0.15) is 9.79 Å². The van der Waals surface area contributed by atoms with Crippen LogP contribution < -0.4 is 21.7 Å². The Morgan fingerprint density at radius 2 is 1.08 bits per heavy atom. The molecule has 0 spiro atoms. The maximum absolute atomic E-state index is 12.7. The highest BCUT2D eigenvalue weighted by atomic mass is 32.2. The third-order valence-corrected chi connectivity index (χ3v) is 10.7. The molecule has 5 rings (SSSR count). The average molecular weight is 742 g/mol. The maximum atomic E-state index is 12.7. The van der Waals surface area contributed by atoms with Crippen LogP contribution in [0.3, 0.4) is 0 Å². The third-order valence-electron chi connectivity index (χ3n) is 8.99. The minimum atomic E-state index is -4.98. The van der Waals surface area contributed by atoms with Crippen LogP contribution in [-0.2, 0) is 25.0 Å². The Morgan fingerprint density at radius 1 is 0.615 bits per heavy atom. The van der Waals surface area contributed by atoms with Crippen LogP contribution in [0.1, 0.15) is 57.0 Å². The fourth-order valence-corrected chi connectivity index (χ4v) is 7.73. The quantitative estimate of drug-likeness (QED) is 0.0353. The molecular formula is C39H41N4O7S2+. The predicted octanol–water partition coefficient (Wildman–Crippen LogP) is 8.08. The smallest absolute Gasteiger partial charge is 0.315 e. The molecule has 7 N–H and O–H groups in total. The molecule has 0 aliphatic rings. The van der Waals surface area contributed by atoms with E-state index in [0.29, 0.717) is 34.1 Å². The molecule has 52 heavy (non-hydrogen) atoms. The summed E-state index contributed by atoms with van der Waals surface area (Å²) in [5.74, 6) is 0.186. The molecule has 0 fully saturated rings. The van der Waals surface area contributed by atoms with E-state index in [1.54, 1.807) is 36.4 Å². The normalized spacial score (nSPS) is 11.6. The minimum Gasteiger partial charge on any atom is -0.398 e. The summed E-state index contributed by atoms with van der Waals surface area (Å²) in [6, 6.07) is 21.3. The Hall–Kier alpha value is -5.34. The Labute approximate surface area is 304 Å². The number of nitrogens with one attached hydrogen (secondary N) is 3. The van der Waals surface area contributed by atoms with E-state index in [1.807, 2.05) is 65.8 Å². The zero-order chi connectivity index (χ0) is 38.3. The van der Waals surface area contributed by atoms with E-state index in [-0.39, 0.29) is 11.5 Å². The maximum Gasteiger partial charge on any atom is 0.315 e. The van der Waals surface area contributed by atoms with Crippen LogP contribution >= 0.6 is 0 Å². The van der Waals surface area contributed by atoms with Gasteiger partial charge in [0.2, 0.25) is 5.91 Å². The Balaban J connectivity index is 1.60. The molecule has 270 valence electrons. The fourth-order valence-electron chi connectivity index (χ4n) is 6.43. The van der Waals surface area contributed by atoms with Gasteiger partial charge >= 0.3 is 10.1 Å². The van der Waals surface area contributed by atoms with Gasteiger partial charge in [0.15, 0.2) is 0 Å². The van der Waals surface area contributed by atoms with Gasteiger partial charge in [-0.2, -0.15) is 16.8 Å². The summed E-state index contributed by atoms with van der Waals surface area (Å²) in [7, 11) is -9.78. The highest BCUT2D eigenvalue weighted by Gasteiger charge is 2.32. The summed E-state index contributed by atoms with van der Waals surface area (Å²) in [5, 5.41) is 9.74. The van der Waals surface area contributed by atoms with Crippen molar-refractivity contribution in [2.45, 2.75) is 58.3 Å². The van der Waals surface area contributed by atoms with Gasteiger partial charge < -0.3 is 21.7 Å². The summed E-state index contributed by atoms with van der Waals surface area (Å²) >= 11 is 0. The lowest BCUT2D eigenvalue weighted by atomic mass is 9.85. The van der Waals surface area contributed by atoms with Crippen molar-refractivity contribution < 1.29 is 30.7 Å². The molecule has 5 aromatic carbocycles. The van der Waals surface area contributed by atoms with Crippen molar-refractivity contribution in [2.24, 2.45) is 0 Å². The molecule has 5 aromatic rings. The first-order valence-corrected chi connectivity index (χ1v) is 19.1. The van der Waals surface area contributed by atoms with Crippen LogP contribution in [0, 0.1) is 47.5 Å². The number of hydrogen-bond donors (Lipinski definition) is 6. The highest BCUT2D eigenvalue weighted by molar-refractivity contribution is 7.86. The van der Waals surface area contributed by atoms with E-state index in [0.717, 1.165) is 62.6 Å². The molecule has 0 atom stereocenters. The van der Waals surface area contributed by atoms with Crippen LogP contribution in [0.2, 0.25) is 0 Å². The summed E-state index contributed by atoms with van der Waals surface area (Å²) < 4.78 is 69.3. The van der Waals surface area contributed by atoms with E-state index in [9.17, 15) is 30.7 Å². The van der Waals surface area contributed by atoms with Gasteiger partial charge in [0, 0.05) is 47.1 Å². The third kappa shape index (κ3) is 7.92. The average Bonchev–Trinajstić information content (AvgIpc) is 3.06. The van der Waals surface area contributed by atoms with E-state index < -0.39 is 30.0 Å². The topological polar surface area (TPSA) is 188 Å². The zero-order valence-electron chi connectivity index (χ0n) is 29.8. The summed E-state index contributed by atoms with van der Waals surface area (Å²) in [5.41, 5.74) is 17.5. The minimum absolute atomic E-state index is 0.0134. The lowest BCUT2D eigenvalue weighted by molar-refractivity contribution is -0.114. The molecule has 0 unspecified atom stereocenters. The first-order chi connectivity index (χ1) is 24.3. The largest absolute Gasteiger partial charge is 0.398 e. The molecular weight excluding hydrogens is 701 g/mol. The van der Waals surface area contributed by atoms with Gasteiger partial charge in [-0.15, -0.1) is 0 Å². The first-order valence-electron chi connectivity index (χ1n) is 16.2. The van der Waals surface area contributed by atoms with E-state index in [1.165, 1.54) is 13.0 Å². The Morgan fingerprint density at radius 3 is 1.54 bits per heavy atom. The number of carbonyl (C=O) groups is 1. The van der Waals surface area contributed by atoms with Crippen LogP contribution in [0.5, 0.6) is 0 Å². The van der Waals surface area contributed by atoms with Crippen molar-refractivity contribution in [3.63, 3.8) is 0 Å². The second-order valence-electron chi connectivity index (χ2n) is 12.9. The standard InChI is InChI=1S/C39H40N4O7S2/c1-21-18-22(2)37(25(5)36(21)40)42-30-12-8-28(9-13-30)35(33-17-16-32(51(45,46)47)20-34(33)52(48,49)50)29-10-14-31(15-11-29)43-39-24(4)19-23(3)38(26(39)6)41-27(7)44/h8-20,42-43H,40H2,1-7H3,(H2-,41,44,45,46,47,48,49,50)/p+1. The van der Waals surface area contributed by atoms with Crippen molar-refractivity contribution in [1.82, 2.24) is 0 Å². The van der Waals surface area contributed by atoms with Crippen molar-refractivity contribution in [3.05, 3.63) is 135 Å². The monoisotopic (exact) mass is 741 g/mol. The molecule has 0 aliphatic carbocycles. The lowest BCUT2D eigenvalue weighted by Crippen LogP contribution is -2.13. The second kappa shape index (κ2) is 14.4. The predicted molar refractivity (Wildman–Crippen MR) is 206 cm³/mol. The van der Waals surface area contributed by atoms with Crippen molar-refractivity contribution in [2.75, 3.05) is 21.7 Å². The number of aryl methyl sites for hydroxylation is 4. The van der Waals surface area contributed by atoms with Crippen molar-refractivity contribution in [1.29, 1.82) is 0 Å². The van der Waals surface area contributed by atoms with Crippen LogP contribution in [-0.4, -0.2) is 31.8 Å². The molecule has 0 bridgehead atoms. The molecule has 1 amide bonds. The molecule has 0 heterocycles. The molecule has 0 aliphatic heterocycles. The molecule has 0 radical (unpaired) electrons. The van der Waals surface area contributed by atoms with Gasteiger partial charge in [-0.25, -0.2) is 0 Å². The Bertz CT molecular complexity index is 2430. The van der Waals surface area contributed by atoms with E-state index in [2.05, 4.69) is 16.0 Å². The van der Waals surface area contributed by atoms with Gasteiger partial charge in [0.05, 0.1) is 22.6 Å². The summed E-state index contributed by atoms with van der Waals surface area (Å²) in [6.45, 7) is 13.1. The molecule has 0 saturated carbocycles. The van der Waals surface area contributed by atoms with Gasteiger partial charge in [0.25, 0.3) is 10.1 Å². The number of carbonyl (C=O) groups excluding carboxylic acids is 1. The first kappa shape index (κ1) is 37.9. The van der Waals surface area contributed by atoms with Crippen LogP contribution in [0.15, 0.2) is 88.7 Å². The molecule has 0 aromatic heterocycles. The van der Waals surface area contributed by atoms with E-state index >= 15 is 0 Å². The van der Waals surface area contributed by atoms with Gasteiger partial charge in [-0.05, 0) is 136 Å². The van der Waals surface area contributed by atoms with Gasteiger partial charge in [-0.3, -0.25) is 13.9 Å². The number of benzene rings is 5. The number of amides is 1. The van der Waals surface area contributed by atoms with Gasteiger partial charge in [-0.1, -0.05) is 12.1 Å². The summed E-state index contributed by atoms with van der Waals surface area (Å²) in [4.78, 5) is 10.5. The van der Waals surface area contributed by atoms with Crippen LogP contribution in [0.25, 0.3) is 0 Å². The van der Waals surface area contributed by atoms with Crippen molar-refractivity contribution in [3.8, 4) is 0 Å². The SMILES string of the molecule is CC(=O)Nc1c(C)cc(C)c(Nc2ccc([C+](c3ccc(Nc4c(C)cc(C)c(N)c4C)cc3)c3ccc(S(=O)(=O)O)cc3S(=O)(=O)O)cc2)c1C. The zero-order valence-corrected chi connectivity index (χ0v) is 31.5. The number of rotatable bonds is 10. The Kier molecular flexibility index (Phi) is 10.5.